The zero-order valence-electron chi connectivity index (χ0n) is 10.5. The number of benzene rings is 2. The highest BCUT2D eigenvalue weighted by Crippen LogP contribution is 2.20. The fraction of sp³-hybridized carbons (Fsp3) is 0.250. The van der Waals surface area contributed by atoms with E-state index in [0.29, 0.717) is 6.61 Å². The van der Waals surface area contributed by atoms with E-state index < -0.39 is 0 Å². The van der Waals surface area contributed by atoms with Gasteiger partial charge in [0.25, 0.3) is 0 Å². The van der Waals surface area contributed by atoms with Gasteiger partial charge in [-0.3, -0.25) is 0 Å². The Labute approximate surface area is 108 Å². The van der Waals surface area contributed by atoms with Crippen molar-refractivity contribution in [3.63, 3.8) is 0 Å². The molecule has 2 aromatic rings. The molecule has 1 unspecified atom stereocenters. The molecule has 0 amide bonds. The molecule has 0 spiro atoms. The lowest BCUT2D eigenvalue weighted by Crippen LogP contribution is -2.07. The first kappa shape index (κ1) is 12.7. The highest BCUT2D eigenvalue weighted by atomic mass is 16.5. The zero-order valence-corrected chi connectivity index (χ0v) is 10.5. The maximum atomic E-state index is 5.66. The van der Waals surface area contributed by atoms with Crippen LogP contribution in [0.5, 0.6) is 5.75 Å². The number of ether oxygens (including phenoxy) is 2. The molecule has 1 atom stereocenters. The summed E-state index contributed by atoms with van der Waals surface area (Å²) in [5, 5.41) is 0. The zero-order chi connectivity index (χ0) is 12.6. The molecule has 0 N–H and O–H groups in total. The van der Waals surface area contributed by atoms with Gasteiger partial charge in [-0.15, -0.1) is 0 Å². The number of rotatable bonds is 6. The molecule has 18 heavy (non-hydrogen) atoms. The monoisotopic (exact) mass is 241 g/mol. The fourth-order valence-corrected chi connectivity index (χ4v) is 1.84. The normalized spacial score (nSPS) is 12.1. The molecule has 2 heteroatoms. The summed E-state index contributed by atoms with van der Waals surface area (Å²) in [6, 6.07) is 20.7. The van der Waals surface area contributed by atoms with Crippen molar-refractivity contribution < 1.29 is 9.47 Å². The van der Waals surface area contributed by atoms with Crippen LogP contribution in [-0.2, 0) is 4.74 Å². The largest absolute Gasteiger partial charge is 0.493 e. The van der Waals surface area contributed by atoms with Crippen molar-refractivity contribution in [1.29, 1.82) is 0 Å². The molecular weight excluding hydrogens is 224 g/mol. The average Bonchev–Trinajstić information content (AvgIpc) is 2.46. The Hall–Kier alpha value is -1.80. The molecule has 0 aliphatic rings. The molecule has 2 nitrogen and oxygen atoms in total. The van der Waals surface area contributed by atoms with Crippen LogP contribution < -0.4 is 4.74 Å². The number of methoxy groups -OCH3 is 1. The lowest BCUT2D eigenvalue weighted by Gasteiger charge is -2.16. The Morgan fingerprint density at radius 3 is 2.44 bits per heavy atom. The van der Waals surface area contributed by atoms with Crippen LogP contribution in [-0.4, -0.2) is 13.7 Å². The predicted molar refractivity (Wildman–Crippen MR) is 71.6 cm³/mol. The standard InChI is InChI=1S/C16H17O2/c1-17-16(14-8-4-2-5-9-14)12-13-18-15-10-6-3-7-11-15/h2,4-11,16H,12-13H2,1H3. The van der Waals surface area contributed by atoms with Crippen molar-refractivity contribution in [3.05, 3.63) is 66.2 Å². The Bertz CT molecular complexity index is 439. The molecule has 0 fully saturated rings. The Morgan fingerprint density at radius 2 is 1.78 bits per heavy atom. The smallest absolute Gasteiger partial charge is 0.119 e. The molecule has 0 bridgehead atoms. The van der Waals surface area contributed by atoms with Gasteiger partial charge in [-0.1, -0.05) is 42.5 Å². The van der Waals surface area contributed by atoms with Gasteiger partial charge in [-0.05, 0) is 23.8 Å². The van der Waals surface area contributed by atoms with E-state index in [9.17, 15) is 0 Å². The van der Waals surface area contributed by atoms with Crippen molar-refractivity contribution in [2.24, 2.45) is 0 Å². The predicted octanol–water partition coefficient (Wildman–Crippen LogP) is 3.64. The van der Waals surface area contributed by atoms with Crippen LogP contribution in [0.2, 0.25) is 0 Å². The van der Waals surface area contributed by atoms with E-state index in [1.54, 1.807) is 7.11 Å². The van der Waals surface area contributed by atoms with Gasteiger partial charge in [-0.25, -0.2) is 0 Å². The van der Waals surface area contributed by atoms with E-state index in [0.717, 1.165) is 12.2 Å². The topological polar surface area (TPSA) is 18.5 Å². The highest BCUT2D eigenvalue weighted by molar-refractivity contribution is 5.20. The first-order valence-corrected chi connectivity index (χ1v) is 6.07. The van der Waals surface area contributed by atoms with Crippen molar-refractivity contribution in [1.82, 2.24) is 0 Å². The number of hydrogen-bond acceptors (Lipinski definition) is 2. The van der Waals surface area contributed by atoms with Gasteiger partial charge in [-0.2, -0.15) is 0 Å². The van der Waals surface area contributed by atoms with Crippen molar-refractivity contribution >= 4 is 0 Å². The van der Waals surface area contributed by atoms with Crippen LogP contribution in [0.1, 0.15) is 18.1 Å². The minimum absolute atomic E-state index is 0.0847. The highest BCUT2D eigenvalue weighted by Gasteiger charge is 2.09. The third-order valence-corrected chi connectivity index (χ3v) is 2.79. The molecule has 0 saturated heterocycles. The molecule has 0 aromatic heterocycles. The minimum Gasteiger partial charge on any atom is -0.493 e. The first-order valence-electron chi connectivity index (χ1n) is 6.07. The van der Waals surface area contributed by atoms with Crippen molar-refractivity contribution in [2.75, 3.05) is 13.7 Å². The molecule has 0 aliphatic heterocycles. The van der Waals surface area contributed by atoms with E-state index >= 15 is 0 Å². The molecule has 0 heterocycles. The second-order valence-corrected chi connectivity index (χ2v) is 4.01. The molecule has 2 rings (SSSR count). The van der Waals surface area contributed by atoms with Crippen molar-refractivity contribution in [3.8, 4) is 5.75 Å². The molecule has 2 aromatic carbocycles. The summed E-state index contributed by atoms with van der Waals surface area (Å²) < 4.78 is 11.1. The Morgan fingerprint density at radius 1 is 1.06 bits per heavy atom. The minimum atomic E-state index is 0.0847. The molecule has 93 valence electrons. The summed E-state index contributed by atoms with van der Waals surface area (Å²) in [5.74, 6) is 0.872. The van der Waals surface area contributed by atoms with E-state index in [4.69, 9.17) is 9.47 Å². The summed E-state index contributed by atoms with van der Waals surface area (Å²) in [4.78, 5) is 0. The van der Waals surface area contributed by atoms with Crippen LogP contribution >= 0.6 is 0 Å². The van der Waals surface area contributed by atoms with Crippen LogP contribution in [0.3, 0.4) is 0 Å². The summed E-state index contributed by atoms with van der Waals surface area (Å²) >= 11 is 0. The average molecular weight is 241 g/mol. The van der Waals surface area contributed by atoms with Crippen LogP contribution in [0, 0.1) is 6.07 Å². The third kappa shape index (κ3) is 3.60. The lowest BCUT2D eigenvalue weighted by molar-refractivity contribution is 0.0812. The second-order valence-electron chi connectivity index (χ2n) is 4.01. The molecule has 0 aliphatic carbocycles. The number of hydrogen-bond donors (Lipinski definition) is 0. The summed E-state index contributed by atoms with van der Waals surface area (Å²) in [6.07, 6.45) is 0.917. The quantitative estimate of drug-likeness (QED) is 0.768. The summed E-state index contributed by atoms with van der Waals surface area (Å²) in [7, 11) is 1.73. The third-order valence-electron chi connectivity index (χ3n) is 2.79. The molecular formula is C16H17O2. The maximum Gasteiger partial charge on any atom is 0.119 e. The van der Waals surface area contributed by atoms with Gasteiger partial charge in [0.05, 0.1) is 12.7 Å². The van der Waals surface area contributed by atoms with Crippen LogP contribution in [0.15, 0.2) is 54.6 Å². The van der Waals surface area contributed by atoms with Gasteiger partial charge >= 0.3 is 0 Å². The Kier molecular flexibility index (Phi) is 4.79. The fourth-order valence-electron chi connectivity index (χ4n) is 1.84. The molecule has 1 radical (unpaired) electrons. The van der Waals surface area contributed by atoms with Gasteiger partial charge in [0.1, 0.15) is 5.75 Å². The summed E-state index contributed by atoms with van der Waals surface area (Å²) in [5.41, 5.74) is 1.19. The van der Waals surface area contributed by atoms with Crippen LogP contribution in [0.25, 0.3) is 0 Å². The van der Waals surface area contributed by atoms with Gasteiger partial charge < -0.3 is 9.47 Å². The molecule has 0 saturated carbocycles. The maximum absolute atomic E-state index is 5.66. The van der Waals surface area contributed by atoms with Gasteiger partial charge in [0.15, 0.2) is 0 Å². The first-order chi connectivity index (χ1) is 8.90. The second kappa shape index (κ2) is 6.82. The van der Waals surface area contributed by atoms with Crippen molar-refractivity contribution in [2.45, 2.75) is 12.5 Å². The van der Waals surface area contributed by atoms with E-state index in [2.05, 4.69) is 18.2 Å². The Balaban J connectivity index is 1.85. The lowest BCUT2D eigenvalue weighted by atomic mass is 10.1. The van der Waals surface area contributed by atoms with Gasteiger partial charge in [0, 0.05) is 13.5 Å². The van der Waals surface area contributed by atoms with Crippen LogP contribution in [0.4, 0.5) is 0 Å². The van der Waals surface area contributed by atoms with E-state index in [-0.39, 0.29) is 6.10 Å². The van der Waals surface area contributed by atoms with E-state index in [1.165, 1.54) is 5.56 Å². The van der Waals surface area contributed by atoms with E-state index in [1.807, 2.05) is 42.5 Å². The van der Waals surface area contributed by atoms with Gasteiger partial charge in [0.2, 0.25) is 0 Å². The SMILES string of the molecule is COC(CCOc1cc[c]cc1)c1ccccc1. The summed E-state index contributed by atoms with van der Waals surface area (Å²) in [6.45, 7) is 0.636.